The Labute approximate surface area is 104 Å². The van der Waals surface area contributed by atoms with Crippen molar-refractivity contribution in [3.63, 3.8) is 0 Å². The van der Waals surface area contributed by atoms with Crippen molar-refractivity contribution in [1.82, 2.24) is 4.90 Å². The van der Waals surface area contributed by atoms with Gasteiger partial charge in [0.1, 0.15) is 6.04 Å². The summed E-state index contributed by atoms with van der Waals surface area (Å²) in [5, 5.41) is 0.396. The highest BCUT2D eigenvalue weighted by atomic mass is 35.5. The van der Waals surface area contributed by atoms with E-state index in [1.165, 1.54) is 4.90 Å². The molecule has 1 atom stereocenters. The van der Waals surface area contributed by atoms with Crippen LogP contribution >= 0.6 is 11.6 Å². The molecular formula is C12H13ClN2O2. The van der Waals surface area contributed by atoms with E-state index in [0.29, 0.717) is 23.6 Å². The summed E-state index contributed by atoms with van der Waals surface area (Å²) in [5.74, 6) is -0.681. The number of hydrogen-bond donors (Lipinski definition) is 1. The zero-order valence-corrected chi connectivity index (χ0v) is 9.98. The lowest BCUT2D eigenvalue weighted by Crippen LogP contribution is -2.43. The lowest BCUT2D eigenvalue weighted by Gasteiger charge is -2.22. The molecule has 2 amide bonds. The van der Waals surface area contributed by atoms with E-state index in [0.717, 1.165) is 6.42 Å². The van der Waals surface area contributed by atoms with Crippen molar-refractivity contribution in [3.8, 4) is 0 Å². The average molecular weight is 253 g/mol. The van der Waals surface area contributed by atoms with Crippen LogP contribution in [0.3, 0.4) is 0 Å². The molecule has 0 radical (unpaired) electrons. The third-order valence-corrected chi connectivity index (χ3v) is 3.28. The van der Waals surface area contributed by atoms with E-state index in [1.807, 2.05) is 0 Å². The van der Waals surface area contributed by atoms with Gasteiger partial charge >= 0.3 is 0 Å². The zero-order chi connectivity index (χ0) is 12.4. The molecule has 5 heteroatoms. The second-order valence-corrected chi connectivity index (χ2v) is 4.45. The highest BCUT2D eigenvalue weighted by Gasteiger charge is 2.33. The fraction of sp³-hybridized carbons (Fsp3) is 0.333. The van der Waals surface area contributed by atoms with Gasteiger partial charge in [0.25, 0.3) is 5.91 Å². The van der Waals surface area contributed by atoms with Gasteiger partial charge in [-0.3, -0.25) is 9.59 Å². The van der Waals surface area contributed by atoms with E-state index in [4.69, 9.17) is 17.3 Å². The van der Waals surface area contributed by atoms with E-state index in [9.17, 15) is 9.59 Å². The van der Waals surface area contributed by atoms with Crippen LogP contribution in [0.25, 0.3) is 0 Å². The maximum absolute atomic E-state index is 12.2. The quantitative estimate of drug-likeness (QED) is 0.866. The maximum atomic E-state index is 12.2. The summed E-state index contributed by atoms with van der Waals surface area (Å²) in [6.07, 6.45) is 1.43. The number of carbonyl (C=O) groups excluding carboxylic acids is 2. The van der Waals surface area contributed by atoms with E-state index in [1.54, 1.807) is 24.3 Å². The number of benzene rings is 1. The molecule has 1 fully saturated rings. The lowest BCUT2D eigenvalue weighted by molar-refractivity contribution is -0.121. The third-order valence-electron chi connectivity index (χ3n) is 2.95. The minimum absolute atomic E-state index is 0.225. The Morgan fingerprint density at radius 2 is 2.06 bits per heavy atom. The predicted octanol–water partition coefficient (Wildman–Crippen LogP) is 1.43. The molecule has 2 N–H and O–H groups in total. The van der Waals surface area contributed by atoms with Crippen LogP contribution in [0.1, 0.15) is 23.2 Å². The molecule has 0 bridgehead atoms. The average Bonchev–Trinajstić information content (AvgIpc) is 2.77. The molecule has 17 heavy (non-hydrogen) atoms. The molecule has 0 aromatic heterocycles. The van der Waals surface area contributed by atoms with Crippen LogP contribution in [0.4, 0.5) is 0 Å². The summed E-state index contributed by atoms with van der Waals surface area (Å²) in [5.41, 5.74) is 5.70. The van der Waals surface area contributed by atoms with Crippen molar-refractivity contribution in [1.29, 1.82) is 0 Å². The van der Waals surface area contributed by atoms with Gasteiger partial charge in [0.15, 0.2) is 0 Å². The monoisotopic (exact) mass is 252 g/mol. The van der Waals surface area contributed by atoms with Crippen molar-refractivity contribution in [2.75, 3.05) is 6.54 Å². The molecule has 1 aromatic rings. The normalized spacial score (nSPS) is 19.4. The van der Waals surface area contributed by atoms with Crippen molar-refractivity contribution >= 4 is 23.4 Å². The van der Waals surface area contributed by atoms with Crippen LogP contribution in [0, 0.1) is 0 Å². The first-order valence-electron chi connectivity index (χ1n) is 5.46. The number of hydrogen-bond acceptors (Lipinski definition) is 2. The van der Waals surface area contributed by atoms with Gasteiger partial charge in [-0.25, -0.2) is 0 Å². The summed E-state index contributed by atoms with van der Waals surface area (Å²) in [6, 6.07) is 6.31. The van der Waals surface area contributed by atoms with Crippen molar-refractivity contribution in [3.05, 3.63) is 34.9 Å². The number of primary amides is 1. The molecule has 1 aromatic carbocycles. The van der Waals surface area contributed by atoms with Gasteiger partial charge in [-0.1, -0.05) is 23.7 Å². The summed E-state index contributed by atoms with van der Waals surface area (Å²) in [4.78, 5) is 24.9. The minimum Gasteiger partial charge on any atom is -0.368 e. The third kappa shape index (κ3) is 2.26. The van der Waals surface area contributed by atoms with Crippen LogP contribution in [0.2, 0.25) is 5.02 Å². The van der Waals surface area contributed by atoms with Crippen molar-refractivity contribution in [2.45, 2.75) is 18.9 Å². The van der Waals surface area contributed by atoms with Crippen molar-refractivity contribution in [2.24, 2.45) is 5.73 Å². The molecule has 0 unspecified atom stereocenters. The van der Waals surface area contributed by atoms with Gasteiger partial charge < -0.3 is 10.6 Å². The van der Waals surface area contributed by atoms with E-state index in [-0.39, 0.29) is 5.91 Å². The molecule has 4 nitrogen and oxygen atoms in total. The Balaban J connectivity index is 2.26. The molecule has 1 aliphatic heterocycles. The highest BCUT2D eigenvalue weighted by Crippen LogP contribution is 2.23. The SMILES string of the molecule is NC(=O)[C@@H]1CCCN1C(=O)c1ccccc1Cl. The first-order valence-corrected chi connectivity index (χ1v) is 5.84. The minimum atomic E-state index is -0.501. The zero-order valence-electron chi connectivity index (χ0n) is 9.23. The lowest BCUT2D eigenvalue weighted by atomic mass is 10.1. The second-order valence-electron chi connectivity index (χ2n) is 4.04. The van der Waals surface area contributed by atoms with Gasteiger partial charge in [-0.15, -0.1) is 0 Å². The largest absolute Gasteiger partial charge is 0.368 e. The maximum Gasteiger partial charge on any atom is 0.256 e. The number of nitrogens with two attached hydrogens (primary N) is 1. The van der Waals surface area contributed by atoms with Crippen LogP contribution < -0.4 is 5.73 Å². The molecule has 2 rings (SSSR count). The highest BCUT2D eigenvalue weighted by molar-refractivity contribution is 6.33. The topological polar surface area (TPSA) is 63.4 Å². The number of amides is 2. The molecule has 0 aliphatic carbocycles. The van der Waals surface area contributed by atoms with Crippen LogP contribution in [-0.2, 0) is 4.79 Å². The molecule has 1 aliphatic rings. The van der Waals surface area contributed by atoms with Gasteiger partial charge in [-0.05, 0) is 25.0 Å². The van der Waals surface area contributed by atoms with E-state index in [2.05, 4.69) is 0 Å². The van der Waals surface area contributed by atoms with E-state index < -0.39 is 11.9 Å². The number of halogens is 1. The van der Waals surface area contributed by atoms with Gasteiger partial charge in [-0.2, -0.15) is 0 Å². The van der Waals surface area contributed by atoms with Crippen molar-refractivity contribution < 1.29 is 9.59 Å². The fourth-order valence-corrected chi connectivity index (χ4v) is 2.31. The molecule has 0 saturated carbocycles. The Morgan fingerprint density at radius 3 is 2.71 bits per heavy atom. The van der Waals surface area contributed by atoms with Crippen LogP contribution in [0.5, 0.6) is 0 Å². The van der Waals surface area contributed by atoms with Gasteiger partial charge in [0, 0.05) is 6.54 Å². The predicted molar refractivity (Wildman–Crippen MR) is 64.7 cm³/mol. The number of rotatable bonds is 2. The number of carbonyl (C=O) groups is 2. The number of likely N-dealkylation sites (tertiary alicyclic amines) is 1. The summed E-state index contributed by atoms with van der Waals surface area (Å²) in [6.45, 7) is 0.553. The fourth-order valence-electron chi connectivity index (χ4n) is 2.09. The van der Waals surface area contributed by atoms with Crippen LogP contribution in [-0.4, -0.2) is 29.3 Å². The number of nitrogens with zero attached hydrogens (tertiary/aromatic N) is 1. The Bertz CT molecular complexity index is 462. The molecule has 1 heterocycles. The first-order chi connectivity index (χ1) is 8.11. The first kappa shape index (κ1) is 11.9. The molecule has 90 valence electrons. The smallest absolute Gasteiger partial charge is 0.256 e. The molecule has 1 saturated heterocycles. The van der Waals surface area contributed by atoms with E-state index >= 15 is 0 Å². The summed E-state index contributed by atoms with van der Waals surface area (Å²) >= 11 is 5.96. The van der Waals surface area contributed by atoms with Crippen LogP contribution in [0.15, 0.2) is 24.3 Å². The molecular weight excluding hydrogens is 240 g/mol. The summed E-state index contributed by atoms with van der Waals surface area (Å²) < 4.78 is 0. The summed E-state index contributed by atoms with van der Waals surface area (Å²) in [7, 11) is 0. The standard InChI is InChI=1S/C12H13ClN2O2/c13-9-5-2-1-4-8(9)12(17)15-7-3-6-10(15)11(14)16/h1-2,4-5,10H,3,6-7H2,(H2,14,16)/t10-/m0/s1. The Kier molecular flexibility index (Phi) is 3.33. The second kappa shape index (κ2) is 4.75. The van der Waals surface area contributed by atoms with Gasteiger partial charge in [0.2, 0.25) is 5.91 Å². The Hall–Kier alpha value is -1.55. The van der Waals surface area contributed by atoms with Gasteiger partial charge in [0.05, 0.1) is 10.6 Å². The Morgan fingerprint density at radius 1 is 1.35 bits per heavy atom. The molecule has 0 spiro atoms.